The highest BCUT2D eigenvalue weighted by Crippen LogP contribution is 2.28. The number of hydrogen-bond donors (Lipinski definition) is 2. The second kappa shape index (κ2) is 10.4. The fourth-order valence-corrected chi connectivity index (χ4v) is 2.97. The lowest BCUT2D eigenvalue weighted by atomic mass is 10.1. The van der Waals surface area contributed by atoms with Gasteiger partial charge in [-0.05, 0) is 54.1 Å². The smallest absolute Gasteiger partial charge is 0.273 e. The Hall–Kier alpha value is -3.91. The van der Waals surface area contributed by atoms with E-state index in [1.165, 1.54) is 56.8 Å². The molecule has 0 fully saturated rings. The zero-order chi connectivity index (χ0) is 23.1. The molecule has 0 aliphatic heterocycles. The van der Waals surface area contributed by atoms with Crippen molar-refractivity contribution in [1.82, 2.24) is 5.43 Å². The Morgan fingerprint density at radius 1 is 0.969 bits per heavy atom. The van der Waals surface area contributed by atoms with Crippen LogP contribution in [0.15, 0.2) is 65.8 Å². The summed E-state index contributed by atoms with van der Waals surface area (Å²) >= 11 is 6.03. The molecule has 0 saturated heterocycles. The van der Waals surface area contributed by atoms with Gasteiger partial charge in [0.1, 0.15) is 5.82 Å². The third-order valence-corrected chi connectivity index (χ3v) is 4.58. The van der Waals surface area contributed by atoms with Crippen LogP contribution in [0, 0.1) is 5.82 Å². The van der Waals surface area contributed by atoms with Crippen LogP contribution < -0.4 is 20.2 Å². The molecule has 0 aliphatic carbocycles. The lowest BCUT2D eigenvalue weighted by Crippen LogP contribution is -2.21. The molecular formula is C23H19ClFN3O4. The largest absolute Gasteiger partial charge is 0.493 e. The molecule has 3 rings (SSSR count). The van der Waals surface area contributed by atoms with E-state index < -0.39 is 17.6 Å². The van der Waals surface area contributed by atoms with Crippen LogP contribution in [0.3, 0.4) is 0 Å². The molecule has 0 aromatic heterocycles. The maximum Gasteiger partial charge on any atom is 0.273 e. The summed E-state index contributed by atoms with van der Waals surface area (Å²) in [6, 6.07) is 14.9. The van der Waals surface area contributed by atoms with Gasteiger partial charge >= 0.3 is 0 Å². The Kier molecular flexibility index (Phi) is 7.41. The van der Waals surface area contributed by atoms with E-state index >= 15 is 0 Å². The summed E-state index contributed by atoms with van der Waals surface area (Å²) in [6.45, 7) is 0. The Balaban J connectivity index is 1.78. The first-order valence-electron chi connectivity index (χ1n) is 9.33. The lowest BCUT2D eigenvalue weighted by molar-refractivity contribution is 0.0956. The van der Waals surface area contributed by atoms with E-state index in [0.717, 1.165) is 0 Å². The number of rotatable bonds is 7. The molecule has 0 heterocycles. The normalized spacial score (nSPS) is 10.6. The summed E-state index contributed by atoms with van der Waals surface area (Å²) in [4.78, 5) is 25.4. The van der Waals surface area contributed by atoms with Gasteiger partial charge in [-0.2, -0.15) is 5.10 Å². The molecule has 3 aromatic carbocycles. The van der Waals surface area contributed by atoms with Crippen LogP contribution in [0.1, 0.15) is 26.3 Å². The average molecular weight is 456 g/mol. The summed E-state index contributed by atoms with van der Waals surface area (Å²) in [5.74, 6) is -0.628. The van der Waals surface area contributed by atoms with Gasteiger partial charge in [0.25, 0.3) is 11.8 Å². The van der Waals surface area contributed by atoms with Gasteiger partial charge in [0.2, 0.25) is 0 Å². The molecule has 0 saturated carbocycles. The zero-order valence-corrected chi connectivity index (χ0v) is 17.9. The van der Waals surface area contributed by atoms with Gasteiger partial charge in [0.15, 0.2) is 11.5 Å². The number of hydrogen-bond acceptors (Lipinski definition) is 5. The van der Waals surface area contributed by atoms with E-state index in [0.29, 0.717) is 27.6 Å². The average Bonchev–Trinajstić information content (AvgIpc) is 2.79. The Bertz CT molecular complexity index is 1180. The van der Waals surface area contributed by atoms with E-state index in [2.05, 4.69) is 15.8 Å². The van der Waals surface area contributed by atoms with Crippen LogP contribution in [-0.2, 0) is 0 Å². The second-order valence-corrected chi connectivity index (χ2v) is 6.90. The van der Waals surface area contributed by atoms with Gasteiger partial charge in [0, 0.05) is 10.6 Å². The highest BCUT2D eigenvalue weighted by molar-refractivity contribution is 6.31. The van der Waals surface area contributed by atoms with Crippen LogP contribution in [0.25, 0.3) is 0 Å². The first-order valence-corrected chi connectivity index (χ1v) is 9.71. The molecule has 0 radical (unpaired) electrons. The van der Waals surface area contributed by atoms with Crippen LogP contribution in [0.4, 0.5) is 10.1 Å². The highest BCUT2D eigenvalue weighted by Gasteiger charge is 2.16. The minimum Gasteiger partial charge on any atom is -0.493 e. The third kappa shape index (κ3) is 5.61. The number of methoxy groups -OCH3 is 2. The molecular weight excluding hydrogens is 437 g/mol. The standard InChI is InChI=1S/C23H19ClFN3O4/c1-31-20-9-6-15(11-21(20)32-2)22(29)27-19-8-7-16(24)12-18(19)23(30)28-26-13-14-4-3-5-17(25)10-14/h3-13H,1-2H3,(H,27,29)(H,28,30)/b26-13+. The van der Waals surface area contributed by atoms with Crippen LogP contribution in [-0.4, -0.2) is 32.2 Å². The molecule has 9 heteroatoms. The molecule has 2 N–H and O–H groups in total. The topological polar surface area (TPSA) is 89.0 Å². The van der Waals surface area contributed by atoms with Crippen molar-refractivity contribution in [2.45, 2.75) is 0 Å². The summed E-state index contributed by atoms with van der Waals surface area (Å²) in [5.41, 5.74) is 3.44. The fourth-order valence-electron chi connectivity index (χ4n) is 2.80. The monoisotopic (exact) mass is 455 g/mol. The summed E-state index contributed by atoms with van der Waals surface area (Å²) in [7, 11) is 2.96. The number of nitrogens with one attached hydrogen (secondary N) is 2. The molecule has 0 atom stereocenters. The minimum atomic E-state index is -0.609. The molecule has 2 amide bonds. The number of ether oxygens (including phenoxy) is 2. The molecule has 0 spiro atoms. The van der Waals surface area contributed by atoms with E-state index in [1.807, 2.05) is 0 Å². The summed E-state index contributed by atoms with van der Waals surface area (Å²) in [5, 5.41) is 6.81. The fraction of sp³-hybridized carbons (Fsp3) is 0.0870. The van der Waals surface area contributed by atoms with E-state index in [9.17, 15) is 14.0 Å². The van der Waals surface area contributed by atoms with Crippen molar-refractivity contribution in [3.8, 4) is 11.5 Å². The van der Waals surface area contributed by atoms with Crippen molar-refractivity contribution in [1.29, 1.82) is 0 Å². The van der Waals surface area contributed by atoms with E-state index in [4.69, 9.17) is 21.1 Å². The molecule has 0 aliphatic rings. The molecule has 0 bridgehead atoms. The minimum absolute atomic E-state index is 0.0997. The Morgan fingerprint density at radius 3 is 2.47 bits per heavy atom. The van der Waals surface area contributed by atoms with Gasteiger partial charge in [-0.1, -0.05) is 23.7 Å². The third-order valence-electron chi connectivity index (χ3n) is 4.35. The first kappa shape index (κ1) is 22.8. The molecule has 0 unspecified atom stereocenters. The Labute approximate surface area is 188 Å². The molecule has 3 aromatic rings. The van der Waals surface area contributed by atoms with Crippen molar-refractivity contribution in [2.24, 2.45) is 5.10 Å². The van der Waals surface area contributed by atoms with Crippen molar-refractivity contribution in [3.05, 3.63) is 88.2 Å². The van der Waals surface area contributed by atoms with E-state index in [-0.39, 0.29) is 11.3 Å². The maximum atomic E-state index is 13.2. The first-order chi connectivity index (χ1) is 15.4. The van der Waals surface area contributed by atoms with Gasteiger partial charge in [-0.25, -0.2) is 9.82 Å². The van der Waals surface area contributed by atoms with E-state index in [1.54, 1.807) is 24.3 Å². The number of carbonyl (C=O) groups excluding carboxylic acids is 2. The van der Waals surface area contributed by atoms with Crippen molar-refractivity contribution < 1.29 is 23.5 Å². The molecule has 164 valence electrons. The van der Waals surface area contributed by atoms with Crippen LogP contribution in [0.5, 0.6) is 11.5 Å². The highest BCUT2D eigenvalue weighted by atomic mass is 35.5. The summed E-state index contributed by atoms with van der Waals surface area (Å²) < 4.78 is 23.6. The summed E-state index contributed by atoms with van der Waals surface area (Å²) in [6.07, 6.45) is 1.30. The maximum absolute atomic E-state index is 13.2. The number of benzene rings is 3. The van der Waals surface area contributed by atoms with Gasteiger partial charge in [0.05, 0.1) is 31.7 Å². The predicted octanol–water partition coefficient (Wildman–Crippen LogP) is 4.51. The molecule has 32 heavy (non-hydrogen) atoms. The SMILES string of the molecule is COc1ccc(C(=O)Nc2ccc(Cl)cc2C(=O)N/N=C/c2cccc(F)c2)cc1OC. The van der Waals surface area contributed by atoms with Crippen molar-refractivity contribution in [3.63, 3.8) is 0 Å². The van der Waals surface area contributed by atoms with Gasteiger partial charge in [-0.15, -0.1) is 0 Å². The second-order valence-electron chi connectivity index (χ2n) is 6.47. The number of hydrazone groups is 1. The number of anilines is 1. The van der Waals surface area contributed by atoms with Crippen molar-refractivity contribution >= 4 is 35.3 Å². The van der Waals surface area contributed by atoms with Crippen LogP contribution in [0.2, 0.25) is 5.02 Å². The number of amides is 2. The Morgan fingerprint density at radius 2 is 1.75 bits per heavy atom. The van der Waals surface area contributed by atoms with Gasteiger partial charge in [-0.3, -0.25) is 9.59 Å². The van der Waals surface area contributed by atoms with Gasteiger partial charge < -0.3 is 14.8 Å². The number of carbonyl (C=O) groups is 2. The predicted molar refractivity (Wildman–Crippen MR) is 120 cm³/mol. The van der Waals surface area contributed by atoms with Crippen molar-refractivity contribution in [2.75, 3.05) is 19.5 Å². The lowest BCUT2D eigenvalue weighted by Gasteiger charge is -2.12. The zero-order valence-electron chi connectivity index (χ0n) is 17.2. The van der Waals surface area contributed by atoms with Crippen LogP contribution >= 0.6 is 11.6 Å². The molecule has 7 nitrogen and oxygen atoms in total. The number of nitrogens with zero attached hydrogens (tertiary/aromatic N) is 1. The number of halogens is 2. The quantitative estimate of drug-likeness (QED) is 0.405.